The average molecular weight is 298 g/mol. The van der Waals surface area contributed by atoms with E-state index in [9.17, 15) is 5.11 Å². The van der Waals surface area contributed by atoms with E-state index in [1.165, 1.54) is 6.33 Å². The molecule has 19 heavy (non-hydrogen) atoms. The summed E-state index contributed by atoms with van der Waals surface area (Å²) in [5.74, 6) is 0.764. The van der Waals surface area contributed by atoms with Gasteiger partial charge in [-0.05, 0) is 19.1 Å². The molecule has 0 atom stereocenters. The van der Waals surface area contributed by atoms with Gasteiger partial charge in [0.25, 0.3) is 0 Å². The molecule has 2 rings (SSSR count). The van der Waals surface area contributed by atoms with Crippen LogP contribution >= 0.6 is 23.1 Å². The van der Waals surface area contributed by atoms with Gasteiger partial charge < -0.3 is 10.4 Å². The molecule has 2 N–H and O–H groups in total. The summed E-state index contributed by atoms with van der Waals surface area (Å²) in [6, 6.07) is 0. The number of hydrogen-bond acceptors (Lipinski definition) is 7. The summed E-state index contributed by atoms with van der Waals surface area (Å²) in [5, 5.41) is 13.0. The van der Waals surface area contributed by atoms with Gasteiger partial charge in [0.05, 0.1) is 12.1 Å². The van der Waals surface area contributed by atoms with Gasteiger partial charge in [0.2, 0.25) is 0 Å². The van der Waals surface area contributed by atoms with Crippen molar-refractivity contribution in [3.05, 3.63) is 6.33 Å². The number of aliphatic hydroxyl groups is 1. The maximum Gasteiger partial charge on any atom is 0.176 e. The molecule has 2 aromatic heterocycles. The Labute approximate surface area is 120 Å². The Morgan fingerprint density at radius 2 is 2.11 bits per heavy atom. The lowest BCUT2D eigenvalue weighted by molar-refractivity contribution is 0.202. The molecule has 0 aliphatic rings. The lowest BCUT2D eigenvalue weighted by Crippen LogP contribution is -2.41. The fourth-order valence-electron chi connectivity index (χ4n) is 1.85. The molecule has 104 valence electrons. The molecule has 2 aromatic rings. The van der Waals surface area contributed by atoms with Gasteiger partial charge >= 0.3 is 0 Å². The fourth-order valence-corrected chi connectivity index (χ4v) is 3.31. The van der Waals surface area contributed by atoms with Gasteiger partial charge in [0, 0.05) is 0 Å². The number of aromatic nitrogens is 3. The van der Waals surface area contributed by atoms with E-state index in [4.69, 9.17) is 0 Å². The van der Waals surface area contributed by atoms with Crippen LogP contribution in [0.1, 0.15) is 26.7 Å². The Balaban J connectivity index is 2.42. The third-order valence-corrected chi connectivity index (χ3v) is 5.42. The molecule has 0 aliphatic heterocycles. The normalized spacial score (nSPS) is 12.0. The third kappa shape index (κ3) is 2.82. The number of fused-ring (bicyclic) bond motifs is 1. The maximum atomic E-state index is 9.64. The van der Waals surface area contributed by atoms with E-state index in [1.54, 1.807) is 23.1 Å². The second-order valence-electron chi connectivity index (χ2n) is 4.33. The van der Waals surface area contributed by atoms with Crippen LogP contribution in [0.4, 0.5) is 5.82 Å². The van der Waals surface area contributed by atoms with Crippen molar-refractivity contribution in [2.45, 2.75) is 36.6 Å². The molecule has 7 heteroatoms. The van der Waals surface area contributed by atoms with E-state index in [2.05, 4.69) is 34.1 Å². The predicted octanol–water partition coefficient (Wildman–Crippen LogP) is 2.77. The average Bonchev–Trinajstić information content (AvgIpc) is 2.89. The third-order valence-electron chi connectivity index (χ3n) is 3.39. The Morgan fingerprint density at radius 3 is 2.68 bits per heavy atom. The zero-order valence-electron chi connectivity index (χ0n) is 11.3. The van der Waals surface area contributed by atoms with Crippen LogP contribution in [0, 0.1) is 0 Å². The van der Waals surface area contributed by atoms with Crippen LogP contribution in [0.2, 0.25) is 0 Å². The molecule has 0 saturated carbocycles. The highest BCUT2D eigenvalue weighted by molar-refractivity contribution is 8.00. The van der Waals surface area contributed by atoms with Gasteiger partial charge in [-0.15, -0.1) is 11.3 Å². The maximum absolute atomic E-state index is 9.64. The molecule has 0 fully saturated rings. The molecule has 0 aromatic carbocycles. The summed E-state index contributed by atoms with van der Waals surface area (Å²) in [4.78, 5) is 12.9. The number of aliphatic hydroxyl groups excluding tert-OH is 1. The number of anilines is 1. The number of hydrogen-bond donors (Lipinski definition) is 2. The topological polar surface area (TPSA) is 70.9 Å². The summed E-state index contributed by atoms with van der Waals surface area (Å²) >= 11 is 3.18. The second-order valence-corrected chi connectivity index (χ2v) is 6.38. The molecule has 0 radical (unpaired) electrons. The van der Waals surface area contributed by atoms with Crippen LogP contribution in [0.5, 0.6) is 0 Å². The Kier molecular flexibility index (Phi) is 4.59. The summed E-state index contributed by atoms with van der Waals surface area (Å²) in [7, 11) is 0. The number of rotatable bonds is 6. The van der Waals surface area contributed by atoms with Crippen LogP contribution in [-0.4, -0.2) is 38.5 Å². The molecule has 0 saturated heterocycles. The van der Waals surface area contributed by atoms with Crippen LogP contribution in [0.15, 0.2) is 10.7 Å². The first kappa shape index (κ1) is 14.5. The minimum Gasteiger partial charge on any atom is -0.394 e. The SMILES string of the molecule is CCC(CC)(CO)Nc1ncnc2nc(SC)sc12. The van der Waals surface area contributed by atoms with E-state index in [1.807, 2.05) is 6.26 Å². The van der Waals surface area contributed by atoms with E-state index in [0.29, 0.717) is 5.65 Å². The first-order chi connectivity index (χ1) is 9.18. The molecule has 0 spiro atoms. The quantitative estimate of drug-likeness (QED) is 0.799. The molecule has 0 bridgehead atoms. The highest BCUT2D eigenvalue weighted by atomic mass is 32.2. The van der Waals surface area contributed by atoms with Crippen molar-refractivity contribution >= 4 is 39.3 Å². The number of nitrogens with zero attached hydrogens (tertiary/aromatic N) is 3. The minimum absolute atomic E-state index is 0.0830. The monoisotopic (exact) mass is 298 g/mol. The number of nitrogens with one attached hydrogen (secondary N) is 1. The lowest BCUT2D eigenvalue weighted by Gasteiger charge is -2.31. The predicted molar refractivity (Wildman–Crippen MR) is 81.0 cm³/mol. The molecule has 2 heterocycles. The highest BCUT2D eigenvalue weighted by Gasteiger charge is 2.26. The second kappa shape index (κ2) is 6.02. The lowest BCUT2D eigenvalue weighted by atomic mass is 9.94. The standard InChI is InChI=1S/C12H18N4OS2/c1-4-12(5-2,6-17)16-10-8-9(13-7-14-10)15-11(18-3)19-8/h7,17H,4-6H2,1-3H3,(H,13,14,16). The van der Waals surface area contributed by atoms with Crippen molar-refractivity contribution in [1.29, 1.82) is 0 Å². The summed E-state index contributed by atoms with van der Waals surface area (Å²) in [6.07, 6.45) is 5.18. The van der Waals surface area contributed by atoms with Crippen molar-refractivity contribution in [2.75, 3.05) is 18.2 Å². The molecule has 0 unspecified atom stereocenters. The summed E-state index contributed by atoms with van der Waals surface area (Å²) in [5.41, 5.74) is 0.385. The van der Waals surface area contributed by atoms with E-state index < -0.39 is 0 Å². The Morgan fingerprint density at radius 1 is 1.37 bits per heavy atom. The van der Waals surface area contributed by atoms with Gasteiger partial charge in [-0.1, -0.05) is 25.6 Å². The Hall–Kier alpha value is -0.920. The van der Waals surface area contributed by atoms with E-state index in [-0.39, 0.29) is 12.1 Å². The molecule has 0 amide bonds. The fraction of sp³-hybridized carbons (Fsp3) is 0.583. The first-order valence-corrected chi connectivity index (χ1v) is 8.26. The minimum atomic E-state index is -0.329. The number of thiazole rings is 1. The van der Waals surface area contributed by atoms with Crippen LogP contribution in [-0.2, 0) is 0 Å². The van der Waals surface area contributed by atoms with Gasteiger partial charge in [-0.2, -0.15) is 0 Å². The first-order valence-electron chi connectivity index (χ1n) is 6.22. The zero-order valence-corrected chi connectivity index (χ0v) is 12.9. The Bertz CT molecular complexity index is 545. The largest absolute Gasteiger partial charge is 0.394 e. The van der Waals surface area contributed by atoms with Crippen molar-refractivity contribution in [1.82, 2.24) is 15.0 Å². The van der Waals surface area contributed by atoms with Crippen LogP contribution < -0.4 is 5.32 Å². The zero-order chi connectivity index (χ0) is 13.9. The van der Waals surface area contributed by atoms with Gasteiger partial charge in [-0.3, -0.25) is 0 Å². The molecule has 0 aliphatic carbocycles. The smallest absolute Gasteiger partial charge is 0.176 e. The van der Waals surface area contributed by atoms with Crippen LogP contribution in [0.25, 0.3) is 10.3 Å². The van der Waals surface area contributed by atoms with Gasteiger partial charge in [0.15, 0.2) is 9.99 Å². The molecular weight excluding hydrogens is 280 g/mol. The molecular formula is C12H18N4OS2. The van der Waals surface area contributed by atoms with Crippen LogP contribution in [0.3, 0.4) is 0 Å². The van der Waals surface area contributed by atoms with Gasteiger partial charge in [0.1, 0.15) is 16.8 Å². The van der Waals surface area contributed by atoms with E-state index >= 15 is 0 Å². The van der Waals surface area contributed by atoms with E-state index in [0.717, 1.165) is 27.7 Å². The highest BCUT2D eigenvalue weighted by Crippen LogP contribution is 2.33. The molecule has 5 nitrogen and oxygen atoms in total. The van der Waals surface area contributed by atoms with Crippen molar-refractivity contribution in [3.8, 4) is 0 Å². The van der Waals surface area contributed by atoms with Crippen molar-refractivity contribution < 1.29 is 5.11 Å². The van der Waals surface area contributed by atoms with Crippen molar-refractivity contribution in [3.63, 3.8) is 0 Å². The number of thioether (sulfide) groups is 1. The van der Waals surface area contributed by atoms with Crippen molar-refractivity contribution in [2.24, 2.45) is 0 Å². The summed E-state index contributed by atoms with van der Waals surface area (Å²) < 4.78 is 1.92. The summed E-state index contributed by atoms with van der Waals surface area (Å²) in [6.45, 7) is 4.20. The van der Waals surface area contributed by atoms with Gasteiger partial charge in [-0.25, -0.2) is 15.0 Å².